The van der Waals surface area contributed by atoms with Gasteiger partial charge >= 0.3 is 6.03 Å². The molecule has 1 fully saturated rings. The molecule has 5 heteroatoms. The minimum absolute atomic E-state index is 0.0426. The van der Waals surface area contributed by atoms with E-state index in [0.717, 1.165) is 26.2 Å². The monoisotopic (exact) mass is 332 g/mol. The second kappa shape index (κ2) is 9.04. The Morgan fingerprint density at radius 3 is 2.58 bits per heavy atom. The van der Waals surface area contributed by atoms with Gasteiger partial charge in [-0.05, 0) is 25.6 Å². The zero-order valence-electron chi connectivity index (χ0n) is 15.5. The molecule has 0 saturated carbocycles. The maximum absolute atomic E-state index is 12.1. The van der Waals surface area contributed by atoms with E-state index >= 15 is 0 Å². The molecule has 134 valence electrons. The van der Waals surface area contributed by atoms with E-state index in [4.69, 9.17) is 0 Å². The summed E-state index contributed by atoms with van der Waals surface area (Å²) in [6.45, 7) is 8.77. The largest absolute Gasteiger partial charge is 0.338 e. The van der Waals surface area contributed by atoms with Crippen LogP contribution in [0.3, 0.4) is 0 Å². The molecule has 2 rings (SSSR count). The highest BCUT2D eigenvalue weighted by Crippen LogP contribution is 2.20. The minimum Gasteiger partial charge on any atom is -0.338 e. The molecule has 2 N–H and O–H groups in total. The van der Waals surface area contributed by atoms with Gasteiger partial charge in [-0.15, -0.1) is 0 Å². The fourth-order valence-corrected chi connectivity index (χ4v) is 3.27. The van der Waals surface area contributed by atoms with Crippen LogP contribution < -0.4 is 10.6 Å². The van der Waals surface area contributed by atoms with Crippen molar-refractivity contribution in [3.8, 4) is 0 Å². The lowest BCUT2D eigenvalue weighted by Crippen LogP contribution is -2.48. The first-order valence-electron chi connectivity index (χ1n) is 8.89. The first-order chi connectivity index (χ1) is 11.4. The Bertz CT molecular complexity index is 503. The maximum atomic E-state index is 12.1. The molecule has 0 radical (unpaired) electrons. The van der Waals surface area contributed by atoms with Crippen LogP contribution in [0.4, 0.5) is 4.79 Å². The third-order valence-electron chi connectivity index (χ3n) is 4.35. The van der Waals surface area contributed by atoms with E-state index in [2.05, 4.69) is 72.6 Å². The molecular formula is C19H32N4O. The topological polar surface area (TPSA) is 47.6 Å². The average molecular weight is 332 g/mol. The fourth-order valence-electron chi connectivity index (χ4n) is 3.27. The van der Waals surface area contributed by atoms with Crippen molar-refractivity contribution < 1.29 is 4.79 Å². The van der Waals surface area contributed by atoms with Crippen LogP contribution in [0.2, 0.25) is 0 Å². The van der Waals surface area contributed by atoms with E-state index < -0.39 is 0 Å². The summed E-state index contributed by atoms with van der Waals surface area (Å²) >= 11 is 0. The molecule has 0 unspecified atom stereocenters. The highest BCUT2D eigenvalue weighted by atomic mass is 16.2. The Hall–Kier alpha value is -1.59. The van der Waals surface area contributed by atoms with Gasteiger partial charge in [-0.2, -0.15) is 0 Å². The number of hydrogen-bond donors (Lipinski definition) is 2. The lowest BCUT2D eigenvalue weighted by atomic mass is 10.0. The normalized spacial score (nSPS) is 21.4. The van der Waals surface area contributed by atoms with Gasteiger partial charge in [0.05, 0.1) is 0 Å². The molecule has 24 heavy (non-hydrogen) atoms. The van der Waals surface area contributed by atoms with E-state index in [1.807, 2.05) is 6.07 Å². The standard InChI is InChI=1S/C19H32N4O/c1-15(2)10-20-19(24)21-18-14-23(13-17(18)12-22(3)4)11-16-8-6-5-7-9-16/h5-9,15,17-18H,10-14H2,1-4H3,(H2,20,21,24)/t17-,18-/m1/s1. The van der Waals surface area contributed by atoms with Gasteiger partial charge in [0.2, 0.25) is 0 Å². The van der Waals surface area contributed by atoms with Crippen LogP contribution in [-0.4, -0.2) is 62.1 Å². The number of hydrogen-bond acceptors (Lipinski definition) is 3. The summed E-state index contributed by atoms with van der Waals surface area (Å²) in [5.41, 5.74) is 1.33. The zero-order valence-corrected chi connectivity index (χ0v) is 15.5. The molecule has 0 bridgehead atoms. The Kier molecular flexibility index (Phi) is 7.06. The molecule has 1 saturated heterocycles. The highest BCUT2D eigenvalue weighted by Gasteiger charge is 2.33. The number of benzene rings is 1. The maximum Gasteiger partial charge on any atom is 0.315 e. The van der Waals surface area contributed by atoms with Gasteiger partial charge in [0.25, 0.3) is 0 Å². The van der Waals surface area contributed by atoms with E-state index in [1.54, 1.807) is 0 Å². The first-order valence-corrected chi connectivity index (χ1v) is 8.89. The van der Waals surface area contributed by atoms with Gasteiger partial charge in [0, 0.05) is 44.7 Å². The number of likely N-dealkylation sites (tertiary alicyclic amines) is 1. The summed E-state index contributed by atoms with van der Waals surface area (Å²) in [6, 6.07) is 10.7. The predicted molar refractivity (Wildman–Crippen MR) is 98.9 cm³/mol. The van der Waals surface area contributed by atoms with E-state index in [9.17, 15) is 4.79 Å². The van der Waals surface area contributed by atoms with Crippen molar-refractivity contribution in [3.05, 3.63) is 35.9 Å². The third-order valence-corrected chi connectivity index (χ3v) is 4.35. The van der Waals surface area contributed by atoms with Crippen molar-refractivity contribution >= 4 is 6.03 Å². The van der Waals surface area contributed by atoms with E-state index in [0.29, 0.717) is 18.4 Å². The molecule has 5 nitrogen and oxygen atoms in total. The van der Waals surface area contributed by atoms with Gasteiger partial charge in [0.15, 0.2) is 0 Å². The van der Waals surface area contributed by atoms with Crippen LogP contribution >= 0.6 is 0 Å². The summed E-state index contributed by atoms with van der Waals surface area (Å²) in [4.78, 5) is 16.8. The van der Waals surface area contributed by atoms with Crippen molar-refractivity contribution in [2.24, 2.45) is 11.8 Å². The second-order valence-corrected chi connectivity index (χ2v) is 7.56. The first kappa shape index (κ1) is 18.7. The molecule has 2 amide bonds. The number of urea groups is 1. The van der Waals surface area contributed by atoms with Crippen LogP contribution in [0.15, 0.2) is 30.3 Å². The van der Waals surface area contributed by atoms with Gasteiger partial charge in [-0.1, -0.05) is 44.2 Å². The molecule has 0 spiro atoms. The van der Waals surface area contributed by atoms with Crippen molar-refractivity contribution in [1.82, 2.24) is 20.4 Å². The second-order valence-electron chi connectivity index (χ2n) is 7.56. The number of carbonyl (C=O) groups excluding carboxylic acids is 1. The van der Waals surface area contributed by atoms with Gasteiger partial charge in [-0.3, -0.25) is 4.90 Å². The van der Waals surface area contributed by atoms with Crippen LogP contribution in [0.1, 0.15) is 19.4 Å². The molecular weight excluding hydrogens is 300 g/mol. The van der Waals surface area contributed by atoms with E-state index in [-0.39, 0.29) is 12.1 Å². The van der Waals surface area contributed by atoms with Gasteiger partial charge in [0.1, 0.15) is 0 Å². The third kappa shape index (κ3) is 6.13. The smallest absolute Gasteiger partial charge is 0.315 e. The molecule has 1 aromatic rings. The van der Waals surface area contributed by atoms with E-state index in [1.165, 1.54) is 5.56 Å². The van der Waals surface area contributed by atoms with Crippen LogP contribution in [0.25, 0.3) is 0 Å². The number of amides is 2. The summed E-state index contributed by atoms with van der Waals surface area (Å²) in [5.74, 6) is 0.917. The quantitative estimate of drug-likeness (QED) is 0.803. The Morgan fingerprint density at radius 1 is 1.25 bits per heavy atom. The number of carbonyl (C=O) groups is 1. The Labute approximate surface area is 146 Å². The Balaban J connectivity index is 1.92. The SMILES string of the molecule is CC(C)CNC(=O)N[C@@H]1CN(Cc2ccccc2)C[C@H]1CN(C)C. The van der Waals surface area contributed by atoms with Gasteiger partial charge < -0.3 is 15.5 Å². The van der Waals surface area contributed by atoms with Crippen LogP contribution in [-0.2, 0) is 6.54 Å². The highest BCUT2D eigenvalue weighted by molar-refractivity contribution is 5.74. The Morgan fingerprint density at radius 2 is 1.96 bits per heavy atom. The number of nitrogens with one attached hydrogen (secondary N) is 2. The fraction of sp³-hybridized carbons (Fsp3) is 0.632. The molecule has 1 aliphatic rings. The van der Waals surface area contributed by atoms with Crippen molar-refractivity contribution in [2.45, 2.75) is 26.4 Å². The van der Waals surface area contributed by atoms with Crippen LogP contribution in [0, 0.1) is 11.8 Å². The van der Waals surface area contributed by atoms with Crippen LogP contribution in [0.5, 0.6) is 0 Å². The van der Waals surface area contributed by atoms with Crippen molar-refractivity contribution in [3.63, 3.8) is 0 Å². The predicted octanol–water partition coefficient (Wildman–Crippen LogP) is 2.00. The zero-order chi connectivity index (χ0) is 17.5. The molecule has 1 aromatic carbocycles. The lowest BCUT2D eigenvalue weighted by molar-refractivity contribution is 0.229. The summed E-state index contributed by atoms with van der Waals surface area (Å²) in [6.07, 6.45) is 0. The lowest BCUT2D eigenvalue weighted by Gasteiger charge is -2.23. The molecule has 1 heterocycles. The molecule has 1 aliphatic heterocycles. The van der Waals surface area contributed by atoms with Crippen molar-refractivity contribution in [1.29, 1.82) is 0 Å². The summed E-state index contributed by atoms with van der Waals surface area (Å²) in [5, 5.41) is 6.15. The van der Waals surface area contributed by atoms with Gasteiger partial charge in [-0.25, -0.2) is 4.79 Å². The number of nitrogens with zero attached hydrogens (tertiary/aromatic N) is 2. The minimum atomic E-state index is -0.0426. The molecule has 0 aliphatic carbocycles. The van der Waals surface area contributed by atoms with Crippen molar-refractivity contribution in [2.75, 3.05) is 40.3 Å². The number of rotatable bonds is 7. The molecule has 2 atom stereocenters. The summed E-state index contributed by atoms with van der Waals surface area (Å²) in [7, 11) is 4.19. The average Bonchev–Trinajstić information content (AvgIpc) is 2.86. The summed E-state index contributed by atoms with van der Waals surface area (Å²) < 4.78 is 0. The molecule has 0 aromatic heterocycles.